The lowest BCUT2D eigenvalue weighted by atomic mass is 9.92. The molecule has 3 N–H and O–H groups in total. The van der Waals surface area contributed by atoms with Gasteiger partial charge in [0.2, 0.25) is 11.8 Å². The molecule has 0 aromatic heterocycles. The van der Waals surface area contributed by atoms with Crippen molar-refractivity contribution in [1.82, 2.24) is 10.2 Å². The number of benzene rings is 2. The van der Waals surface area contributed by atoms with Crippen LogP contribution in [0.2, 0.25) is 0 Å². The van der Waals surface area contributed by atoms with E-state index in [4.69, 9.17) is 19.9 Å². The number of rotatable bonds is 11. The lowest BCUT2D eigenvalue weighted by Gasteiger charge is -2.36. The molecule has 39 heavy (non-hydrogen) atoms. The van der Waals surface area contributed by atoms with Crippen LogP contribution in [-0.2, 0) is 53.0 Å². The van der Waals surface area contributed by atoms with Gasteiger partial charge in [-0.1, -0.05) is 54.6 Å². The fraction of sp³-hybridized carbons (Fsp3) is 0.393. The Labute approximate surface area is 226 Å². The molecule has 0 saturated carbocycles. The highest BCUT2D eigenvalue weighted by molar-refractivity contribution is 5.95. The Hall–Kier alpha value is -4.41. The maximum absolute atomic E-state index is 13.6. The highest BCUT2D eigenvalue weighted by Crippen LogP contribution is 2.25. The van der Waals surface area contributed by atoms with Crippen LogP contribution in [0.5, 0.6) is 0 Å². The molecule has 3 amide bonds. The molecule has 0 radical (unpaired) electrons. The number of carbonyl (C=O) groups excluding carboxylic acids is 5. The quantitative estimate of drug-likeness (QED) is 0.324. The molecule has 208 valence electrons. The van der Waals surface area contributed by atoms with Gasteiger partial charge in [0.15, 0.2) is 0 Å². The molecule has 0 unspecified atom stereocenters. The highest BCUT2D eigenvalue weighted by atomic mass is 16.6. The van der Waals surface area contributed by atoms with E-state index in [0.717, 1.165) is 16.7 Å². The summed E-state index contributed by atoms with van der Waals surface area (Å²) in [5.41, 5.74) is 8.02. The van der Waals surface area contributed by atoms with Gasteiger partial charge in [0.05, 0.1) is 32.1 Å². The molecule has 2 aromatic rings. The first-order valence-electron chi connectivity index (χ1n) is 12.7. The zero-order valence-corrected chi connectivity index (χ0v) is 22.0. The first-order chi connectivity index (χ1) is 18.7. The van der Waals surface area contributed by atoms with Gasteiger partial charge in [-0.25, -0.2) is 4.79 Å². The minimum Gasteiger partial charge on any atom is -0.466 e. The summed E-state index contributed by atoms with van der Waals surface area (Å²) < 4.78 is 15.4. The number of ether oxygens (including phenoxy) is 3. The molecule has 1 aliphatic heterocycles. The number of amides is 3. The molecule has 0 saturated heterocycles. The Morgan fingerprint density at radius 3 is 2.21 bits per heavy atom. The number of hydrogen-bond donors (Lipinski definition) is 2. The van der Waals surface area contributed by atoms with Crippen molar-refractivity contribution < 1.29 is 38.2 Å². The van der Waals surface area contributed by atoms with Gasteiger partial charge in [0, 0.05) is 6.42 Å². The third-order valence-electron chi connectivity index (χ3n) is 6.28. The molecule has 0 bridgehead atoms. The SMILES string of the molecule is CCOC(=O)C[C@H](C(=O)OCC)[C@H](NC(=O)[C@@H]1Cc2ccccc2CN1C(=O)OCc1ccccc1)C(N)=O. The van der Waals surface area contributed by atoms with Gasteiger partial charge in [-0.3, -0.25) is 24.1 Å². The molecule has 3 rings (SSSR count). The smallest absolute Gasteiger partial charge is 0.411 e. The average molecular weight is 540 g/mol. The Bertz CT molecular complexity index is 1190. The van der Waals surface area contributed by atoms with Crippen LogP contribution in [0.25, 0.3) is 0 Å². The van der Waals surface area contributed by atoms with Gasteiger partial charge < -0.3 is 25.3 Å². The van der Waals surface area contributed by atoms with E-state index in [0.29, 0.717) is 0 Å². The number of nitrogens with one attached hydrogen (secondary N) is 1. The predicted molar refractivity (Wildman–Crippen MR) is 139 cm³/mol. The zero-order valence-electron chi connectivity index (χ0n) is 22.0. The van der Waals surface area contributed by atoms with Gasteiger partial charge in [0.25, 0.3) is 0 Å². The van der Waals surface area contributed by atoms with E-state index in [1.165, 1.54) is 4.90 Å². The first kappa shape index (κ1) is 29.2. The molecule has 2 aromatic carbocycles. The second-order valence-electron chi connectivity index (χ2n) is 8.91. The number of carbonyl (C=O) groups is 5. The zero-order chi connectivity index (χ0) is 28.4. The third kappa shape index (κ3) is 7.79. The van der Waals surface area contributed by atoms with Crippen LogP contribution in [-0.4, -0.2) is 60.0 Å². The predicted octanol–water partition coefficient (Wildman–Crippen LogP) is 1.85. The Morgan fingerprint density at radius 2 is 1.56 bits per heavy atom. The number of esters is 2. The standard InChI is InChI=1S/C28H33N3O8/c1-3-37-23(32)15-21(27(35)38-4-2)24(25(29)33)30-26(34)22-14-19-12-8-9-13-20(19)16-31(22)28(36)39-17-18-10-6-5-7-11-18/h5-13,21-22,24H,3-4,14-17H2,1-2H3,(H2,29,33)(H,30,34)/t21-,22-,24-/m0/s1. The maximum atomic E-state index is 13.6. The summed E-state index contributed by atoms with van der Waals surface area (Å²) in [6.45, 7) is 3.29. The fourth-order valence-corrected chi connectivity index (χ4v) is 4.36. The Kier molecular flexibility index (Phi) is 10.4. The molecule has 0 aliphatic carbocycles. The largest absolute Gasteiger partial charge is 0.466 e. The Balaban J connectivity index is 1.85. The molecule has 0 spiro atoms. The van der Waals surface area contributed by atoms with Crippen molar-refractivity contribution in [2.75, 3.05) is 13.2 Å². The van der Waals surface area contributed by atoms with Crippen LogP contribution < -0.4 is 11.1 Å². The highest BCUT2D eigenvalue weighted by Gasteiger charge is 2.41. The summed E-state index contributed by atoms with van der Waals surface area (Å²) in [7, 11) is 0. The molecule has 3 atom stereocenters. The van der Waals surface area contributed by atoms with Crippen LogP contribution in [0.3, 0.4) is 0 Å². The molecule has 0 fully saturated rings. The minimum absolute atomic E-state index is 0.000538. The summed E-state index contributed by atoms with van der Waals surface area (Å²) >= 11 is 0. The monoisotopic (exact) mass is 539 g/mol. The first-order valence-corrected chi connectivity index (χ1v) is 12.7. The second kappa shape index (κ2) is 13.9. The molecular formula is C28H33N3O8. The van der Waals surface area contributed by atoms with E-state index in [1.54, 1.807) is 26.0 Å². The lowest BCUT2D eigenvalue weighted by Crippen LogP contribution is -2.59. The van der Waals surface area contributed by atoms with Crippen LogP contribution >= 0.6 is 0 Å². The van der Waals surface area contributed by atoms with Gasteiger partial charge in [-0.05, 0) is 30.5 Å². The van der Waals surface area contributed by atoms with Crippen molar-refractivity contribution in [3.8, 4) is 0 Å². The van der Waals surface area contributed by atoms with Crippen molar-refractivity contribution in [2.24, 2.45) is 11.7 Å². The molecule has 11 heteroatoms. The van der Waals surface area contributed by atoms with Crippen molar-refractivity contribution in [1.29, 1.82) is 0 Å². The molecular weight excluding hydrogens is 506 g/mol. The van der Waals surface area contributed by atoms with Crippen LogP contribution in [0.4, 0.5) is 4.79 Å². The van der Waals surface area contributed by atoms with Crippen molar-refractivity contribution in [3.63, 3.8) is 0 Å². The van der Waals surface area contributed by atoms with E-state index in [1.807, 2.05) is 42.5 Å². The number of hydrogen-bond acceptors (Lipinski definition) is 8. The number of primary amides is 1. The van der Waals surface area contributed by atoms with Crippen molar-refractivity contribution in [2.45, 2.75) is 51.9 Å². The van der Waals surface area contributed by atoms with E-state index < -0.39 is 54.3 Å². The second-order valence-corrected chi connectivity index (χ2v) is 8.91. The van der Waals surface area contributed by atoms with E-state index in [2.05, 4.69) is 5.32 Å². The number of nitrogens with zero attached hydrogens (tertiary/aromatic N) is 1. The van der Waals surface area contributed by atoms with Crippen LogP contribution in [0.1, 0.15) is 37.0 Å². The summed E-state index contributed by atoms with van der Waals surface area (Å²) in [5.74, 6) is -4.83. The van der Waals surface area contributed by atoms with Crippen LogP contribution in [0, 0.1) is 5.92 Å². The number of nitrogens with two attached hydrogens (primary N) is 1. The minimum atomic E-state index is -1.58. The van der Waals surface area contributed by atoms with Crippen LogP contribution in [0.15, 0.2) is 54.6 Å². The summed E-state index contributed by atoms with van der Waals surface area (Å²) in [6.07, 6.45) is -1.12. The maximum Gasteiger partial charge on any atom is 0.411 e. The Morgan fingerprint density at radius 1 is 0.923 bits per heavy atom. The molecule has 1 heterocycles. The summed E-state index contributed by atoms with van der Waals surface area (Å²) in [5, 5.41) is 2.49. The topological polar surface area (TPSA) is 154 Å². The molecule has 1 aliphatic rings. The van der Waals surface area contributed by atoms with Gasteiger partial charge in [-0.15, -0.1) is 0 Å². The van der Waals surface area contributed by atoms with Crippen molar-refractivity contribution >= 4 is 29.8 Å². The summed E-state index contributed by atoms with van der Waals surface area (Å²) in [4.78, 5) is 65.3. The van der Waals surface area contributed by atoms with E-state index >= 15 is 0 Å². The fourth-order valence-electron chi connectivity index (χ4n) is 4.36. The van der Waals surface area contributed by atoms with Crippen molar-refractivity contribution in [3.05, 3.63) is 71.3 Å². The van der Waals surface area contributed by atoms with E-state index in [9.17, 15) is 24.0 Å². The number of fused-ring (bicyclic) bond motifs is 1. The lowest BCUT2D eigenvalue weighted by molar-refractivity contribution is -0.157. The van der Waals surface area contributed by atoms with E-state index in [-0.39, 0.29) is 32.8 Å². The summed E-state index contributed by atoms with van der Waals surface area (Å²) in [6, 6.07) is 13.8. The average Bonchev–Trinajstić information content (AvgIpc) is 2.93. The molecule has 11 nitrogen and oxygen atoms in total. The van der Waals surface area contributed by atoms with Gasteiger partial charge in [0.1, 0.15) is 18.7 Å². The van der Waals surface area contributed by atoms with Gasteiger partial charge >= 0.3 is 18.0 Å². The normalized spacial score (nSPS) is 15.7. The van der Waals surface area contributed by atoms with Gasteiger partial charge in [-0.2, -0.15) is 0 Å². The third-order valence-corrected chi connectivity index (χ3v) is 6.28.